The predicted molar refractivity (Wildman–Crippen MR) is 339 cm³/mol. The van der Waals surface area contributed by atoms with E-state index in [9.17, 15) is 0 Å². The lowest BCUT2D eigenvalue weighted by atomic mass is 9.31. The summed E-state index contributed by atoms with van der Waals surface area (Å²) in [6.07, 6.45) is 0. The first kappa shape index (κ1) is 49.2. The van der Waals surface area contributed by atoms with Gasteiger partial charge in [0.15, 0.2) is 0 Å². The van der Waals surface area contributed by atoms with Crippen LogP contribution in [0.3, 0.4) is 0 Å². The molecule has 0 spiro atoms. The Kier molecular flexibility index (Phi) is 10.6. The fourth-order valence-electron chi connectivity index (χ4n) is 13.4. The van der Waals surface area contributed by atoms with E-state index < -0.39 is 0 Å². The van der Waals surface area contributed by atoms with Crippen molar-refractivity contribution in [3.8, 4) is 0 Å². The topological polar surface area (TPSA) is 6.48 Å². The summed E-state index contributed by atoms with van der Waals surface area (Å²) < 4.78 is 0. The molecule has 2 nitrogen and oxygen atoms in total. The Bertz CT molecular complexity index is 3970. The zero-order valence-electron chi connectivity index (χ0n) is 48.1. The quantitative estimate of drug-likeness (QED) is 0.126. The summed E-state index contributed by atoms with van der Waals surface area (Å²) in [7, 11) is 0. The van der Waals surface area contributed by atoms with Gasteiger partial charge in [-0.25, -0.2) is 0 Å². The van der Waals surface area contributed by atoms with Gasteiger partial charge >= 0.3 is 0 Å². The van der Waals surface area contributed by atoms with Crippen LogP contribution < -0.4 is 26.2 Å². The molecule has 0 fully saturated rings. The summed E-state index contributed by atoms with van der Waals surface area (Å²) >= 11 is 0. The average molecular weight is 1000 g/mol. The minimum Gasteiger partial charge on any atom is -0.311 e. The molecule has 0 bridgehead atoms. The van der Waals surface area contributed by atoms with Crippen molar-refractivity contribution in [1.82, 2.24) is 0 Å². The second-order valence-corrected chi connectivity index (χ2v) is 27.8. The summed E-state index contributed by atoms with van der Waals surface area (Å²) in [5, 5.41) is 15.4. The average Bonchev–Trinajstić information content (AvgIpc) is 3.39. The third-order valence-corrected chi connectivity index (χ3v) is 17.5. The molecule has 0 aromatic heterocycles. The Balaban J connectivity index is 1.23. The number of nitrogens with zero attached hydrogens (tertiary/aromatic N) is 2. The fourth-order valence-corrected chi connectivity index (χ4v) is 13.4. The van der Waals surface area contributed by atoms with Gasteiger partial charge in [0.2, 0.25) is 0 Å². The van der Waals surface area contributed by atoms with E-state index in [1.807, 2.05) is 0 Å². The van der Waals surface area contributed by atoms with Crippen molar-refractivity contribution in [1.29, 1.82) is 0 Å². The zero-order chi connectivity index (χ0) is 54.0. The molecule has 0 saturated carbocycles. The minimum atomic E-state index is -0.189. The zero-order valence-corrected chi connectivity index (χ0v) is 48.1. The van der Waals surface area contributed by atoms with Gasteiger partial charge in [0.25, 0.3) is 6.71 Å². The molecule has 13 rings (SSSR count). The molecule has 382 valence electrons. The summed E-state index contributed by atoms with van der Waals surface area (Å²) in [6.45, 7) is 36.1. The van der Waals surface area contributed by atoms with Crippen molar-refractivity contribution in [2.45, 2.75) is 131 Å². The second-order valence-electron chi connectivity index (χ2n) is 27.8. The summed E-state index contributed by atoms with van der Waals surface area (Å²) in [4.78, 5) is 5.41. The van der Waals surface area contributed by atoms with Crippen molar-refractivity contribution in [2.24, 2.45) is 0 Å². The molecule has 0 saturated heterocycles. The molecule has 0 radical (unpaired) electrons. The number of fused-ring (bicyclic) bond motifs is 16. The lowest BCUT2D eigenvalue weighted by molar-refractivity contribution is 0.570. The number of hydrogen-bond acceptors (Lipinski definition) is 2. The monoisotopic (exact) mass is 1000 g/mol. The van der Waals surface area contributed by atoms with Gasteiger partial charge in [-0.3, -0.25) is 0 Å². The molecule has 2 aliphatic heterocycles. The number of benzene rings is 11. The highest BCUT2D eigenvalue weighted by molar-refractivity contribution is 7.01. The molecule has 11 aromatic carbocycles. The van der Waals surface area contributed by atoms with Crippen molar-refractivity contribution in [3.63, 3.8) is 0 Å². The molecule has 0 aliphatic carbocycles. The van der Waals surface area contributed by atoms with E-state index in [-0.39, 0.29) is 33.8 Å². The van der Waals surface area contributed by atoms with E-state index >= 15 is 0 Å². The van der Waals surface area contributed by atoms with Gasteiger partial charge in [-0.2, -0.15) is 0 Å². The van der Waals surface area contributed by atoms with E-state index in [1.165, 1.54) is 143 Å². The molecule has 77 heavy (non-hydrogen) atoms. The molecule has 2 heterocycles. The molecule has 0 N–H and O–H groups in total. The Morgan fingerprint density at radius 2 is 0.494 bits per heavy atom. The highest BCUT2D eigenvalue weighted by atomic mass is 15.2. The number of rotatable bonds is 2. The van der Waals surface area contributed by atoms with Crippen LogP contribution in [0.1, 0.15) is 132 Å². The predicted octanol–water partition coefficient (Wildman–Crippen LogP) is 19.2. The SMILES string of the molecule is CC(C)(C)c1cc2c3c(c1)N(c1ccc4c5ccccc5c5ccccc5c4c1)c1cc(C(C)(C)C)cc(C(C)(C)C)c1B3c1c(cc(C(C)(C)C)cc1C(C)(C)C)N2c1ccc2c3ccccc3c3ccccc3c2c1. The lowest BCUT2D eigenvalue weighted by Gasteiger charge is -2.48. The van der Waals surface area contributed by atoms with Crippen LogP contribution in [0.4, 0.5) is 34.1 Å². The molecular weight excluding hydrogens is 928 g/mol. The Morgan fingerprint density at radius 3 is 0.766 bits per heavy atom. The van der Waals surface area contributed by atoms with Gasteiger partial charge in [0.05, 0.1) is 0 Å². The maximum atomic E-state index is 2.71. The molecule has 11 aromatic rings. The van der Waals surface area contributed by atoms with Crippen LogP contribution in [0.25, 0.3) is 64.6 Å². The van der Waals surface area contributed by atoms with Gasteiger partial charge in [-0.15, -0.1) is 0 Å². The largest absolute Gasteiger partial charge is 0.311 e. The van der Waals surface area contributed by atoms with Crippen molar-refractivity contribution in [2.75, 3.05) is 9.80 Å². The molecular formula is C74H73BN2. The third kappa shape index (κ3) is 7.57. The normalized spacial score (nSPS) is 14.1. The van der Waals surface area contributed by atoms with Gasteiger partial charge in [0, 0.05) is 34.1 Å². The van der Waals surface area contributed by atoms with E-state index in [0.29, 0.717) is 0 Å². The van der Waals surface area contributed by atoms with Crippen LogP contribution in [-0.2, 0) is 27.1 Å². The first-order valence-electron chi connectivity index (χ1n) is 28.2. The molecule has 3 heteroatoms. The van der Waals surface area contributed by atoms with Crippen molar-refractivity contribution >= 4 is 122 Å². The summed E-state index contributed by atoms with van der Waals surface area (Å²) in [5.41, 5.74) is 17.7. The Morgan fingerprint density at radius 1 is 0.247 bits per heavy atom. The van der Waals surface area contributed by atoms with Crippen LogP contribution >= 0.6 is 0 Å². The van der Waals surface area contributed by atoms with Gasteiger partial charge < -0.3 is 9.80 Å². The Hall–Kier alpha value is -7.36. The molecule has 0 unspecified atom stereocenters. The summed E-state index contributed by atoms with van der Waals surface area (Å²) in [5.74, 6) is 0. The fraction of sp³-hybridized carbons (Fsp3) is 0.270. The van der Waals surface area contributed by atoms with E-state index in [1.54, 1.807) is 0 Å². The van der Waals surface area contributed by atoms with Gasteiger partial charge in [-0.05, 0) is 184 Å². The van der Waals surface area contributed by atoms with Crippen LogP contribution in [0, 0.1) is 0 Å². The molecule has 0 amide bonds. The van der Waals surface area contributed by atoms with Crippen LogP contribution in [0.5, 0.6) is 0 Å². The minimum absolute atomic E-state index is 0.0616. The van der Waals surface area contributed by atoms with E-state index in [2.05, 4.69) is 284 Å². The third-order valence-electron chi connectivity index (χ3n) is 17.5. The maximum Gasteiger partial charge on any atom is 0.252 e. The molecule has 2 aliphatic rings. The van der Waals surface area contributed by atoms with Crippen molar-refractivity contribution in [3.05, 3.63) is 198 Å². The van der Waals surface area contributed by atoms with Crippen LogP contribution in [-0.4, -0.2) is 6.71 Å². The second kappa shape index (κ2) is 16.6. The lowest BCUT2D eigenvalue weighted by Crippen LogP contribution is -2.64. The molecule has 0 atom stereocenters. The standard InChI is InChI=1S/C74H73BN2/c1-70(2,3)44-36-61(73(10,11)12)67-63(38-44)76(47-32-34-57-53-28-18-16-24-49(53)51-26-20-22-30-55(51)59(57)42-47)65-40-46(72(7,8)9)41-66-69(65)75(67)68-62(74(13,14)15)37-45(71(4,5)6)39-64(68)77(66)48-33-35-58-54-29-19-17-25-50(54)52-27-21-23-31-56(52)60(58)43-48/h16-43H,1-15H3. The first-order valence-corrected chi connectivity index (χ1v) is 28.2. The highest BCUT2D eigenvalue weighted by Crippen LogP contribution is 2.51. The van der Waals surface area contributed by atoms with Gasteiger partial charge in [-0.1, -0.05) is 225 Å². The Labute approximate surface area is 457 Å². The van der Waals surface area contributed by atoms with Gasteiger partial charge in [0.1, 0.15) is 0 Å². The van der Waals surface area contributed by atoms with Crippen LogP contribution in [0.2, 0.25) is 0 Å². The number of anilines is 6. The number of hydrogen-bond donors (Lipinski definition) is 0. The van der Waals surface area contributed by atoms with E-state index in [0.717, 1.165) is 0 Å². The maximum absolute atomic E-state index is 2.71. The van der Waals surface area contributed by atoms with Crippen LogP contribution in [0.15, 0.2) is 170 Å². The van der Waals surface area contributed by atoms with Crippen molar-refractivity contribution < 1.29 is 0 Å². The highest BCUT2D eigenvalue weighted by Gasteiger charge is 2.49. The first-order chi connectivity index (χ1) is 36.4. The van der Waals surface area contributed by atoms with E-state index in [4.69, 9.17) is 0 Å². The smallest absolute Gasteiger partial charge is 0.252 e. The summed E-state index contributed by atoms with van der Waals surface area (Å²) in [6, 6.07) is 66.3.